The fourth-order valence-corrected chi connectivity index (χ4v) is 3.43. The first-order valence-electron chi connectivity index (χ1n) is 7.90. The molecule has 124 valence electrons. The van der Waals surface area contributed by atoms with E-state index in [9.17, 15) is 0 Å². The molecule has 0 bridgehead atoms. The molecule has 3 rings (SSSR count). The molecule has 25 heavy (non-hydrogen) atoms. The van der Waals surface area contributed by atoms with Gasteiger partial charge in [-0.15, -0.1) is 29.9 Å². The summed E-state index contributed by atoms with van der Waals surface area (Å²) in [4.78, 5) is 4.75. The Kier molecular flexibility index (Phi) is 5.75. The third kappa shape index (κ3) is 4.04. The molecule has 0 fully saturated rings. The molecule has 1 nitrogen and oxygen atoms in total. The van der Waals surface area contributed by atoms with Crippen LogP contribution >= 0.6 is 23.5 Å². The molecule has 0 atom stereocenters. The van der Waals surface area contributed by atoms with Crippen LogP contribution in [0.1, 0.15) is 5.56 Å². The number of nitrogens with zero attached hydrogens (tertiary/aromatic N) is 1. The van der Waals surface area contributed by atoms with Gasteiger partial charge in [-0.2, -0.15) is 0 Å². The fourth-order valence-electron chi connectivity index (χ4n) is 2.62. The van der Waals surface area contributed by atoms with Gasteiger partial charge in [-0.05, 0) is 85.3 Å². The van der Waals surface area contributed by atoms with Crippen molar-refractivity contribution in [2.45, 2.75) is 9.79 Å². The van der Waals surface area contributed by atoms with E-state index in [1.54, 1.807) is 23.5 Å². The topological polar surface area (TPSA) is 3.24 Å². The summed E-state index contributed by atoms with van der Waals surface area (Å²) in [5, 5.41) is 0. The van der Waals surface area contributed by atoms with Gasteiger partial charge < -0.3 is 4.90 Å². The Morgan fingerprint density at radius 2 is 1.00 bits per heavy atom. The number of anilines is 3. The maximum Gasteiger partial charge on any atom is 0.0462 e. The number of benzene rings is 3. The van der Waals surface area contributed by atoms with Crippen molar-refractivity contribution in [1.82, 2.24) is 0 Å². The van der Waals surface area contributed by atoms with Crippen molar-refractivity contribution in [3.63, 3.8) is 0 Å². The Morgan fingerprint density at radius 3 is 1.32 bits per heavy atom. The van der Waals surface area contributed by atoms with Gasteiger partial charge in [0.2, 0.25) is 0 Å². The van der Waals surface area contributed by atoms with Crippen LogP contribution < -0.4 is 4.90 Å². The smallest absolute Gasteiger partial charge is 0.0462 e. The Labute approximate surface area is 158 Å². The number of hydrogen-bond acceptors (Lipinski definition) is 3. The zero-order valence-corrected chi connectivity index (χ0v) is 15.9. The summed E-state index contributed by atoms with van der Waals surface area (Å²) >= 11 is 3.49. The standard InChI is InChI=1S/C22H19NS2/c1-4-17-5-7-18(8-6-17)23(19-9-13-21(24-2)14-10-19)20-11-15-22(25-3)16-12-20/h1,5-16H,2-3H3. The van der Waals surface area contributed by atoms with Crippen molar-refractivity contribution in [2.24, 2.45) is 0 Å². The maximum atomic E-state index is 5.49. The quantitative estimate of drug-likeness (QED) is 0.373. The zero-order valence-electron chi connectivity index (χ0n) is 14.3. The van der Waals surface area contributed by atoms with E-state index in [2.05, 4.69) is 84.0 Å². The van der Waals surface area contributed by atoms with Gasteiger partial charge in [0.1, 0.15) is 0 Å². The fraction of sp³-hybridized carbons (Fsp3) is 0.0909. The molecule has 0 spiro atoms. The summed E-state index contributed by atoms with van der Waals surface area (Å²) < 4.78 is 0. The number of terminal acetylenes is 1. The van der Waals surface area contributed by atoms with Crippen molar-refractivity contribution < 1.29 is 0 Å². The third-order valence-corrected chi connectivity index (χ3v) is 5.44. The van der Waals surface area contributed by atoms with Gasteiger partial charge in [0.05, 0.1) is 0 Å². The summed E-state index contributed by atoms with van der Waals surface area (Å²) in [6, 6.07) is 25.3. The van der Waals surface area contributed by atoms with Gasteiger partial charge in [0, 0.05) is 32.4 Å². The van der Waals surface area contributed by atoms with Crippen LogP contribution in [-0.4, -0.2) is 12.5 Å². The molecular formula is C22H19NS2. The second-order valence-electron chi connectivity index (χ2n) is 5.42. The molecule has 0 amide bonds. The minimum atomic E-state index is 0.888. The molecular weight excluding hydrogens is 342 g/mol. The second kappa shape index (κ2) is 8.20. The first-order chi connectivity index (χ1) is 12.2. The van der Waals surface area contributed by atoms with Gasteiger partial charge in [0.25, 0.3) is 0 Å². The molecule has 0 N–H and O–H groups in total. The lowest BCUT2D eigenvalue weighted by atomic mass is 10.1. The summed E-state index contributed by atoms with van der Waals surface area (Å²) in [5.41, 5.74) is 4.23. The number of rotatable bonds is 5. The summed E-state index contributed by atoms with van der Waals surface area (Å²) in [6.07, 6.45) is 9.67. The molecule has 0 saturated carbocycles. The Balaban J connectivity index is 2.06. The van der Waals surface area contributed by atoms with Crippen LogP contribution in [0.4, 0.5) is 17.1 Å². The van der Waals surface area contributed by atoms with Crippen molar-refractivity contribution in [3.8, 4) is 12.3 Å². The van der Waals surface area contributed by atoms with Gasteiger partial charge in [-0.3, -0.25) is 0 Å². The second-order valence-corrected chi connectivity index (χ2v) is 7.18. The van der Waals surface area contributed by atoms with Crippen molar-refractivity contribution in [1.29, 1.82) is 0 Å². The van der Waals surface area contributed by atoms with Gasteiger partial charge in [-0.1, -0.05) is 5.92 Å². The highest BCUT2D eigenvalue weighted by atomic mass is 32.2. The summed E-state index contributed by atoms with van der Waals surface area (Å²) in [7, 11) is 0. The van der Waals surface area contributed by atoms with E-state index in [0.717, 1.165) is 22.6 Å². The molecule has 0 radical (unpaired) electrons. The predicted molar refractivity (Wildman–Crippen MR) is 113 cm³/mol. The predicted octanol–water partition coefficient (Wildman–Crippen LogP) is 6.58. The molecule has 0 heterocycles. The first-order valence-corrected chi connectivity index (χ1v) is 10.3. The SMILES string of the molecule is C#Cc1ccc(N(c2ccc(SC)cc2)c2ccc(SC)cc2)cc1. The largest absolute Gasteiger partial charge is 0.311 e. The normalized spacial score (nSPS) is 10.3. The molecule has 0 aliphatic rings. The van der Waals surface area contributed by atoms with Crippen LogP contribution in [0.25, 0.3) is 0 Å². The van der Waals surface area contributed by atoms with E-state index in [4.69, 9.17) is 6.42 Å². The average molecular weight is 362 g/mol. The number of thioether (sulfide) groups is 2. The highest BCUT2D eigenvalue weighted by Crippen LogP contribution is 2.36. The van der Waals surface area contributed by atoms with Crippen molar-refractivity contribution in [3.05, 3.63) is 78.4 Å². The molecule has 0 aromatic heterocycles. The van der Waals surface area contributed by atoms with E-state index in [-0.39, 0.29) is 0 Å². The zero-order chi connectivity index (χ0) is 17.6. The van der Waals surface area contributed by atoms with Crippen LogP contribution in [0, 0.1) is 12.3 Å². The van der Waals surface area contributed by atoms with Crippen LogP contribution in [-0.2, 0) is 0 Å². The van der Waals surface area contributed by atoms with Crippen LogP contribution in [0.5, 0.6) is 0 Å². The number of hydrogen-bond donors (Lipinski definition) is 0. The van der Waals surface area contributed by atoms with Gasteiger partial charge >= 0.3 is 0 Å². The minimum absolute atomic E-state index is 0.888. The summed E-state index contributed by atoms with van der Waals surface area (Å²) in [5.74, 6) is 2.68. The minimum Gasteiger partial charge on any atom is -0.311 e. The van der Waals surface area contributed by atoms with E-state index in [1.807, 2.05) is 12.1 Å². The van der Waals surface area contributed by atoms with Crippen molar-refractivity contribution in [2.75, 3.05) is 17.4 Å². The lowest BCUT2D eigenvalue weighted by Gasteiger charge is -2.25. The molecule has 0 saturated heterocycles. The Bertz CT molecular complexity index is 812. The van der Waals surface area contributed by atoms with Crippen LogP contribution in [0.15, 0.2) is 82.6 Å². The molecule has 0 unspecified atom stereocenters. The highest BCUT2D eigenvalue weighted by molar-refractivity contribution is 7.98. The molecule has 3 aromatic carbocycles. The van der Waals surface area contributed by atoms with Crippen LogP contribution in [0.2, 0.25) is 0 Å². The lowest BCUT2D eigenvalue weighted by Crippen LogP contribution is -2.09. The van der Waals surface area contributed by atoms with E-state index in [1.165, 1.54) is 9.79 Å². The molecule has 3 aromatic rings. The van der Waals surface area contributed by atoms with Crippen molar-refractivity contribution >= 4 is 40.6 Å². The lowest BCUT2D eigenvalue weighted by molar-refractivity contribution is 1.26. The monoisotopic (exact) mass is 361 g/mol. The maximum absolute atomic E-state index is 5.49. The van der Waals surface area contributed by atoms with Gasteiger partial charge in [0.15, 0.2) is 0 Å². The van der Waals surface area contributed by atoms with E-state index < -0.39 is 0 Å². The molecule has 3 heteroatoms. The highest BCUT2D eigenvalue weighted by Gasteiger charge is 2.12. The van der Waals surface area contributed by atoms with E-state index in [0.29, 0.717) is 0 Å². The third-order valence-electron chi connectivity index (χ3n) is 3.95. The van der Waals surface area contributed by atoms with Gasteiger partial charge in [-0.25, -0.2) is 0 Å². The molecule has 0 aliphatic carbocycles. The average Bonchev–Trinajstić information content (AvgIpc) is 2.70. The van der Waals surface area contributed by atoms with E-state index >= 15 is 0 Å². The molecule has 0 aliphatic heterocycles. The summed E-state index contributed by atoms with van der Waals surface area (Å²) in [6.45, 7) is 0. The Morgan fingerprint density at radius 1 is 0.640 bits per heavy atom. The first kappa shape index (κ1) is 17.5. The Hall–Kier alpha value is -2.28. The van der Waals surface area contributed by atoms with Crippen LogP contribution in [0.3, 0.4) is 0 Å².